The number of hydrogen-bond acceptors (Lipinski definition) is 1. The summed E-state index contributed by atoms with van der Waals surface area (Å²) in [6.07, 6.45) is 4.12. The van der Waals surface area contributed by atoms with Crippen molar-refractivity contribution in [2.24, 2.45) is 0 Å². The molecule has 2 aromatic rings. The van der Waals surface area contributed by atoms with E-state index in [0.29, 0.717) is 0 Å². The molecule has 104 valence electrons. The van der Waals surface area contributed by atoms with Gasteiger partial charge in [0.1, 0.15) is 0 Å². The second-order valence-corrected chi connectivity index (χ2v) is 6.49. The van der Waals surface area contributed by atoms with E-state index in [1.807, 2.05) is 7.05 Å². The van der Waals surface area contributed by atoms with Crippen LogP contribution in [0.3, 0.4) is 0 Å². The molecule has 0 saturated heterocycles. The fourth-order valence-electron chi connectivity index (χ4n) is 2.91. The number of rotatable bonds is 4. The van der Waals surface area contributed by atoms with Gasteiger partial charge in [-0.2, -0.15) is 0 Å². The monoisotopic (exact) mass is 329 g/mol. The molecule has 2 aromatic carbocycles. The van der Waals surface area contributed by atoms with Gasteiger partial charge in [-0.05, 0) is 54.6 Å². The molecule has 0 bridgehead atoms. The minimum absolute atomic E-state index is 0.253. The van der Waals surface area contributed by atoms with Gasteiger partial charge in [-0.3, -0.25) is 0 Å². The molecular formula is C18H20BrN. The third kappa shape index (κ3) is 2.82. The molecule has 20 heavy (non-hydrogen) atoms. The summed E-state index contributed by atoms with van der Waals surface area (Å²) in [5, 5.41) is 3.42. The highest BCUT2D eigenvalue weighted by Gasteiger charge is 2.20. The smallest absolute Gasteiger partial charge is 0.0574 e. The second kappa shape index (κ2) is 6.11. The van der Waals surface area contributed by atoms with Gasteiger partial charge >= 0.3 is 0 Å². The van der Waals surface area contributed by atoms with Crippen LogP contribution in [0.25, 0.3) is 0 Å². The average molecular weight is 330 g/mol. The van der Waals surface area contributed by atoms with E-state index in [2.05, 4.69) is 69.8 Å². The molecule has 1 saturated carbocycles. The lowest BCUT2D eigenvalue weighted by Crippen LogP contribution is -2.18. The molecule has 1 unspecified atom stereocenters. The lowest BCUT2D eigenvalue weighted by molar-refractivity contribution is 0.419. The zero-order valence-electron chi connectivity index (χ0n) is 11.8. The van der Waals surface area contributed by atoms with Crippen molar-refractivity contribution in [2.75, 3.05) is 7.05 Å². The molecule has 1 atom stereocenters. The molecule has 2 heteroatoms. The first-order valence-electron chi connectivity index (χ1n) is 7.30. The van der Waals surface area contributed by atoms with E-state index in [1.165, 1.54) is 36.0 Å². The molecular weight excluding hydrogens is 310 g/mol. The summed E-state index contributed by atoms with van der Waals surface area (Å²) < 4.78 is 1.13. The molecule has 3 rings (SSSR count). The van der Waals surface area contributed by atoms with Crippen LogP contribution in [0.1, 0.15) is 47.9 Å². The van der Waals surface area contributed by atoms with Gasteiger partial charge in [0, 0.05) is 4.47 Å². The molecule has 0 aliphatic heterocycles. The maximum absolute atomic E-state index is 3.55. The molecule has 1 fully saturated rings. The number of benzene rings is 2. The van der Waals surface area contributed by atoms with Crippen LogP contribution in [-0.2, 0) is 0 Å². The van der Waals surface area contributed by atoms with Crippen LogP contribution in [0.2, 0.25) is 0 Å². The molecule has 1 nitrogen and oxygen atoms in total. The Hall–Kier alpha value is -1.12. The molecule has 0 aromatic heterocycles. The second-order valence-electron chi connectivity index (χ2n) is 5.57. The third-order valence-corrected chi connectivity index (χ3v) is 4.81. The molecule has 0 heterocycles. The normalized spacial score (nSPS) is 16.7. The Balaban J connectivity index is 1.85. The Kier molecular flexibility index (Phi) is 4.23. The van der Waals surface area contributed by atoms with E-state index < -0.39 is 0 Å². The number of nitrogens with one attached hydrogen (secondary N) is 1. The lowest BCUT2D eigenvalue weighted by atomic mass is 9.79. The van der Waals surface area contributed by atoms with Crippen molar-refractivity contribution in [3.8, 4) is 0 Å². The fourth-order valence-corrected chi connectivity index (χ4v) is 3.33. The van der Waals surface area contributed by atoms with Crippen molar-refractivity contribution in [1.82, 2.24) is 5.32 Å². The molecule has 0 radical (unpaired) electrons. The fraction of sp³-hybridized carbons (Fsp3) is 0.333. The van der Waals surface area contributed by atoms with Crippen LogP contribution < -0.4 is 5.32 Å². The highest BCUT2D eigenvalue weighted by atomic mass is 79.9. The maximum atomic E-state index is 3.55. The number of halogens is 1. The predicted molar refractivity (Wildman–Crippen MR) is 88.1 cm³/mol. The van der Waals surface area contributed by atoms with Crippen molar-refractivity contribution in [3.05, 3.63) is 69.7 Å². The van der Waals surface area contributed by atoms with E-state index >= 15 is 0 Å². The minimum Gasteiger partial charge on any atom is -0.309 e. The topological polar surface area (TPSA) is 12.0 Å². The van der Waals surface area contributed by atoms with E-state index in [0.717, 1.165) is 10.4 Å². The Bertz CT molecular complexity index is 572. The molecule has 1 N–H and O–H groups in total. The predicted octanol–water partition coefficient (Wildman–Crippen LogP) is 5.03. The Morgan fingerprint density at radius 1 is 1.05 bits per heavy atom. The van der Waals surface area contributed by atoms with Crippen LogP contribution in [0.5, 0.6) is 0 Å². The van der Waals surface area contributed by atoms with Crippen LogP contribution >= 0.6 is 15.9 Å². The first-order valence-corrected chi connectivity index (χ1v) is 8.10. The summed E-state index contributed by atoms with van der Waals surface area (Å²) in [5.74, 6) is 0.808. The van der Waals surface area contributed by atoms with Gasteiger partial charge < -0.3 is 5.32 Å². The zero-order chi connectivity index (χ0) is 13.9. The molecule has 1 aliphatic rings. The van der Waals surface area contributed by atoms with Crippen LogP contribution in [0.4, 0.5) is 0 Å². The Morgan fingerprint density at radius 3 is 2.35 bits per heavy atom. The Labute approximate surface area is 129 Å². The summed E-state index contributed by atoms with van der Waals surface area (Å²) in [4.78, 5) is 0. The van der Waals surface area contributed by atoms with E-state index in [9.17, 15) is 0 Å². The summed E-state index contributed by atoms with van der Waals surface area (Å²) in [6.45, 7) is 0. The van der Waals surface area contributed by atoms with Gasteiger partial charge in [-0.15, -0.1) is 0 Å². The Morgan fingerprint density at radius 2 is 1.80 bits per heavy atom. The van der Waals surface area contributed by atoms with Gasteiger partial charge in [0.05, 0.1) is 6.04 Å². The zero-order valence-corrected chi connectivity index (χ0v) is 13.4. The molecule has 0 spiro atoms. The third-order valence-electron chi connectivity index (χ3n) is 4.32. The summed E-state index contributed by atoms with van der Waals surface area (Å²) in [7, 11) is 2.02. The summed E-state index contributed by atoms with van der Waals surface area (Å²) in [6, 6.07) is 17.9. The van der Waals surface area contributed by atoms with E-state index in [4.69, 9.17) is 0 Å². The quantitative estimate of drug-likeness (QED) is 0.829. The van der Waals surface area contributed by atoms with Crippen molar-refractivity contribution in [1.29, 1.82) is 0 Å². The summed E-state index contributed by atoms with van der Waals surface area (Å²) >= 11 is 3.55. The lowest BCUT2D eigenvalue weighted by Gasteiger charge is -2.26. The standard InChI is InChI=1S/C18H20BrN/c1-20-18(16-6-3-7-17(19)12-16)15-10-8-14(9-11-15)13-4-2-5-13/h3,6-13,18,20H,2,4-5H2,1H3. The van der Waals surface area contributed by atoms with Gasteiger partial charge in [-0.25, -0.2) is 0 Å². The SMILES string of the molecule is CNC(c1ccc(C2CCC2)cc1)c1cccc(Br)c1. The van der Waals surface area contributed by atoms with Crippen molar-refractivity contribution >= 4 is 15.9 Å². The first-order chi connectivity index (χ1) is 9.78. The largest absolute Gasteiger partial charge is 0.309 e. The van der Waals surface area contributed by atoms with Gasteiger partial charge in [0.15, 0.2) is 0 Å². The average Bonchev–Trinajstić information content (AvgIpc) is 2.40. The number of hydrogen-bond donors (Lipinski definition) is 1. The van der Waals surface area contributed by atoms with E-state index in [-0.39, 0.29) is 6.04 Å². The van der Waals surface area contributed by atoms with Crippen molar-refractivity contribution < 1.29 is 0 Å². The van der Waals surface area contributed by atoms with Gasteiger partial charge in [0.2, 0.25) is 0 Å². The van der Waals surface area contributed by atoms with E-state index in [1.54, 1.807) is 0 Å². The molecule has 1 aliphatic carbocycles. The summed E-state index contributed by atoms with van der Waals surface area (Å²) in [5.41, 5.74) is 4.12. The van der Waals surface area contributed by atoms with Crippen molar-refractivity contribution in [3.63, 3.8) is 0 Å². The highest BCUT2D eigenvalue weighted by molar-refractivity contribution is 9.10. The van der Waals surface area contributed by atoms with Gasteiger partial charge in [0.25, 0.3) is 0 Å². The van der Waals surface area contributed by atoms with Crippen LogP contribution in [0, 0.1) is 0 Å². The van der Waals surface area contributed by atoms with Gasteiger partial charge in [-0.1, -0.05) is 58.7 Å². The minimum atomic E-state index is 0.253. The first kappa shape index (κ1) is 13.8. The molecule has 0 amide bonds. The highest BCUT2D eigenvalue weighted by Crippen LogP contribution is 2.36. The van der Waals surface area contributed by atoms with Crippen LogP contribution in [0.15, 0.2) is 53.0 Å². The van der Waals surface area contributed by atoms with Crippen LogP contribution in [-0.4, -0.2) is 7.05 Å². The maximum Gasteiger partial charge on any atom is 0.0574 e. The van der Waals surface area contributed by atoms with Crippen molar-refractivity contribution in [2.45, 2.75) is 31.2 Å².